The van der Waals surface area contributed by atoms with E-state index in [1.807, 2.05) is 0 Å². The highest BCUT2D eigenvalue weighted by atomic mass is 32.2. The Balaban J connectivity index is 2.20. The van der Waals surface area contributed by atoms with E-state index in [9.17, 15) is 18.0 Å². The molecule has 2 aliphatic rings. The first-order valence-corrected chi connectivity index (χ1v) is 9.40. The summed E-state index contributed by atoms with van der Waals surface area (Å²) in [4.78, 5) is 24.9. The number of hydrogen-bond donors (Lipinski definition) is 1. The van der Waals surface area contributed by atoms with E-state index in [4.69, 9.17) is 5.11 Å². The number of nitrogens with zero attached hydrogens (tertiary/aromatic N) is 2. The molecule has 2 heterocycles. The van der Waals surface area contributed by atoms with E-state index < -0.39 is 28.1 Å². The predicted octanol–water partition coefficient (Wildman–Crippen LogP) is -0.213. The average Bonchev–Trinajstić information content (AvgIpc) is 2.86. The second kappa shape index (κ2) is 5.90. The molecular weight excluding hydrogens is 304 g/mol. The van der Waals surface area contributed by atoms with E-state index >= 15 is 0 Å². The molecule has 7 nitrogen and oxygen atoms in total. The normalized spacial score (nSPS) is 28.6. The number of hydrogen-bond acceptors (Lipinski definition) is 5. The zero-order chi connectivity index (χ0) is 14.9. The van der Waals surface area contributed by atoms with Crippen molar-refractivity contribution in [2.45, 2.75) is 31.3 Å². The van der Waals surface area contributed by atoms with Crippen LogP contribution in [0.5, 0.6) is 0 Å². The molecule has 0 aromatic heterocycles. The lowest BCUT2D eigenvalue weighted by molar-refractivity contribution is -0.149. The highest BCUT2D eigenvalue weighted by Crippen LogP contribution is 2.27. The second-order valence-corrected chi connectivity index (χ2v) is 7.98. The van der Waals surface area contributed by atoms with Gasteiger partial charge in [0.05, 0.1) is 12.1 Å². The molecule has 114 valence electrons. The summed E-state index contributed by atoms with van der Waals surface area (Å²) in [7, 11) is -3.46. The first kappa shape index (κ1) is 15.6. The molecular formula is C11H18N2O5S2. The summed E-state index contributed by atoms with van der Waals surface area (Å²) < 4.78 is 24.7. The zero-order valence-electron chi connectivity index (χ0n) is 11.2. The number of carbonyl (C=O) groups is 2. The Labute approximate surface area is 122 Å². The first-order chi connectivity index (χ1) is 9.32. The standard InChI is InChI=1S/C11H18N2O5S2/c1-20(17,18)13-5-3-2-4-8(13)10(14)12-7-19-6-9(12)11(15)16/h8-9H,2-7H2,1H3,(H,15,16)/t8?,9-/m0/s1. The van der Waals surface area contributed by atoms with Gasteiger partial charge in [0, 0.05) is 12.3 Å². The third-order valence-electron chi connectivity index (χ3n) is 3.62. The molecule has 2 saturated heterocycles. The fourth-order valence-corrected chi connectivity index (χ4v) is 4.88. The SMILES string of the molecule is CS(=O)(=O)N1CCCCC1C(=O)N1CSC[C@H]1C(=O)O. The van der Waals surface area contributed by atoms with Crippen molar-refractivity contribution in [3.05, 3.63) is 0 Å². The number of piperidine rings is 1. The number of amides is 1. The van der Waals surface area contributed by atoms with Crippen LogP contribution >= 0.6 is 11.8 Å². The van der Waals surface area contributed by atoms with Gasteiger partial charge in [-0.25, -0.2) is 13.2 Å². The summed E-state index contributed by atoms with van der Waals surface area (Å²) in [6.07, 6.45) is 3.06. The van der Waals surface area contributed by atoms with Crippen molar-refractivity contribution in [3.63, 3.8) is 0 Å². The molecule has 2 atom stereocenters. The van der Waals surface area contributed by atoms with Crippen LogP contribution in [0.15, 0.2) is 0 Å². The van der Waals surface area contributed by atoms with Crippen molar-refractivity contribution in [3.8, 4) is 0 Å². The Morgan fingerprint density at radius 3 is 2.55 bits per heavy atom. The van der Waals surface area contributed by atoms with E-state index in [2.05, 4.69) is 0 Å². The summed E-state index contributed by atoms with van der Waals surface area (Å²) >= 11 is 1.38. The molecule has 0 bridgehead atoms. The highest BCUT2D eigenvalue weighted by Gasteiger charge is 2.42. The van der Waals surface area contributed by atoms with E-state index in [0.29, 0.717) is 24.6 Å². The molecule has 1 amide bonds. The summed E-state index contributed by atoms with van der Waals surface area (Å²) in [5.74, 6) is -0.756. The summed E-state index contributed by atoms with van der Waals surface area (Å²) in [6, 6.07) is -1.60. The van der Waals surface area contributed by atoms with Crippen molar-refractivity contribution in [1.82, 2.24) is 9.21 Å². The van der Waals surface area contributed by atoms with Crippen LogP contribution in [0.1, 0.15) is 19.3 Å². The van der Waals surface area contributed by atoms with E-state index in [1.165, 1.54) is 21.0 Å². The molecule has 2 fully saturated rings. The summed E-state index contributed by atoms with van der Waals surface area (Å²) in [6.45, 7) is 0.327. The lowest BCUT2D eigenvalue weighted by Crippen LogP contribution is -2.55. The smallest absolute Gasteiger partial charge is 0.327 e. The van der Waals surface area contributed by atoms with Crippen molar-refractivity contribution in [2.24, 2.45) is 0 Å². The van der Waals surface area contributed by atoms with Gasteiger partial charge in [-0.3, -0.25) is 4.79 Å². The van der Waals surface area contributed by atoms with Gasteiger partial charge in [0.25, 0.3) is 0 Å². The molecule has 0 saturated carbocycles. The van der Waals surface area contributed by atoms with Gasteiger partial charge in [-0.2, -0.15) is 4.31 Å². The van der Waals surface area contributed by atoms with Crippen LogP contribution in [0.3, 0.4) is 0 Å². The number of carbonyl (C=O) groups excluding carboxylic acids is 1. The van der Waals surface area contributed by atoms with Crippen LogP contribution in [0.2, 0.25) is 0 Å². The molecule has 1 N–H and O–H groups in total. The van der Waals surface area contributed by atoms with Gasteiger partial charge in [0.15, 0.2) is 0 Å². The van der Waals surface area contributed by atoms with Gasteiger partial charge in [-0.05, 0) is 12.8 Å². The molecule has 20 heavy (non-hydrogen) atoms. The molecule has 0 spiro atoms. The maximum atomic E-state index is 12.5. The first-order valence-electron chi connectivity index (χ1n) is 6.40. The third-order valence-corrected chi connectivity index (χ3v) is 5.92. The molecule has 0 aromatic rings. The largest absolute Gasteiger partial charge is 0.480 e. The number of thioether (sulfide) groups is 1. The average molecular weight is 322 g/mol. The Morgan fingerprint density at radius 1 is 1.25 bits per heavy atom. The number of sulfonamides is 1. The molecule has 2 rings (SSSR count). The molecule has 1 unspecified atom stereocenters. The molecule has 0 radical (unpaired) electrons. The second-order valence-electron chi connectivity index (χ2n) is 5.05. The van der Waals surface area contributed by atoms with E-state index in [1.54, 1.807) is 0 Å². The van der Waals surface area contributed by atoms with E-state index in [0.717, 1.165) is 19.1 Å². The van der Waals surface area contributed by atoms with Crippen LogP contribution < -0.4 is 0 Å². The maximum Gasteiger partial charge on any atom is 0.327 e. The van der Waals surface area contributed by atoms with Gasteiger partial charge < -0.3 is 10.0 Å². The van der Waals surface area contributed by atoms with Crippen molar-refractivity contribution in [2.75, 3.05) is 24.4 Å². The molecule has 9 heteroatoms. The maximum absolute atomic E-state index is 12.5. The lowest BCUT2D eigenvalue weighted by atomic mass is 10.0. The number of carboxylic acids is 1. The summed E-state index contributed by atoms with van der Waals surface area (Å²) in [5.41, 5.74) is 0. The van der Waals surface area contributed by atoms with Crippen LogP contribution in [0.4, 0.5) is 0 Å². The topological polar surface area (TPSA) is 95.0 Å². The molecule has 2 aliphatic heterocycles. The minimum absolute atomic E-state index is 0.309. The Kier molecular flexibility index (Phi) is 4.60. The fourth-order valence-electron chi connectivity index (χ4n) is 2.60. The van der Waals surface area contributed by atoms with Gasteiger partial charge in [-0.1, -0.05) is 6.42 Å². The molecule has 0 aromatic carbocycles. The van der Waals surface area contributed by atoms with E-state index in [-0.39, 0.29) is 5.91 Å². The predicted molar refractivity (Wildman–Crippen MR) is 74.8 cm³/mol. The third kappa shape index (κ3) is 3.09. The number of rotatable bonds is 3. The van der Waals surface area contributed by atoms with Crippen molar-refractivity contribution >= 4 is 33.7 Å². The Hall–Kier alpha value is -0.800. The molecule has 0 aliphatic carbocycles. The van der Waals surface area contributed by atoms with Crippen LogP contribution in [-0.4, -0.2) is 71.1 Å². The van der Waals surface area contributed by atoms with Crippen molar-refractivity contribution < 1.29 is 23.1 Å². The Morgan fingerprint density at radius 2 is 1.95 bits per heavy atom. The van der Waals surface area contributed by atoms with Gasteiger partial charge in [0.2, 0.25) is 15.9 Å². The minimum atomic E-state index is -3.46. The van der Waals surface area contributed by atoms with Gasteiger partial charge >= 0.3 is 5.97 Å². The summed E-state index contributed by atoms with van der Waals surface area (Å²) in [5, 5.41) is 9.12. The monoisotopic (exact) mass is 322 g/mol. The Bertz CT molecular complexity index is 507. The van der Waals surface area contributed by atoms with Gasteiger partial charge in [0.1, 0.15) is 12.1 Å². The number of carboxylic acid groups (broad SMARTS) is 1. The van der Waals surface area contributed by atoms with Crippen LogP contribution in [0, 0.1) is 0 Å². The van der Waals surface area contributed by atoms with Crippen LogP contribution in [-0.2, 0) is 19.6 Å². The highest BCUT2D eigenvalue weighted by molar-refractivity contribution is 7.99. The van der Waals surface area contributed by atoms with Crippen LogP contribution in [0.25, 0.3) is 0 Å². The quantitative estimate of drug-likeness (QED) is 0.772. The zero-order valence-corrected chi connectivity index (χ0v) is 12.8. The van der Waals surface area contributed by atoms with Crippen molar-refractivity contribution in [1.29, 1.82) is 0 Å². The minimum Gasteiger partial charge on any atom is -0.480 e. The lowest BCUT2D eigenvalue weighted by Gasteiger charge is -2.35. The fraction of sp³-hybridized carbons (Fsp3) is 0.818. The number of aliphatic carboxylic acids is 1. The van der Waals surface area contributed by atoms with Gasteiger partial charge in [-0.15, -0.1) is 11.8 Å².